The zero-order valence-corrected chi connectivity index (χ0v) is 10.9. The molecule has 1 aliphatic rings. The lowest BCUT2D eigenvalue weighted by Gasteiger charge is -2.07. The SMILES string of the molecule is CNc1ccc(-n2nc(C(F)(F)F)cc2C2CC2)cc1. The second-order valence-electron chi connectivity index (χ2n) is 4.94. The number of halogens is 3. The number of rotatable bonds is 3. The summed E-state index contributed by atoms with van der Waals surface area (Å²) in [4.78, 5) is 0. The Morgan fingerprint density at radius 3 is 2.35 bits per heavy atom. The Bertz CT molecular complexity index is 610. The summed E-state index contributed by atoms with van der Waals surface area (Å²) in [6.45, 7) is 0. The molecule has 0 saturated heterocycles. The third-order valence-electron chi connectivity index (χ3n) is 3.42. The van der Waals surface area contributed by atoms with Crippen LogP contribution in [-0.4, -0.2) is 16.8 Å². The van der Waals surface area contributed by atoms with Gasteiger partial charge in [-0.1, -0.05) is 0 Å². The largest absolute Gasteiger partial charge is 0.435 e. The van der Waals surface area contributed by atoms with Crippen LogP contribution in [0.3, 0.4) is 0 Å². The highest BCUT2D eigenvalue weighted by molar-refractivity contribution is 5.48. The summed E-state index contributed by atoms with van der Waals surface area (Å²) < 4.78 is 39.9. The molecule has 3 rings (SSSR count). The Morgan fingerprint density at radius 2 is 1.85 bits per heavy atom. The van der Waals surface area contributed by atoms with Crippen molar-refractivity contribution in [2.24, 2.45) is 0 Å². The maximum Gasteiger partial charge on any atom is 0.435 e. The molecule has 0 aliphatic heterocycles. The van der Waals surface area contributed by atoms with E-state index in [1.807, 2.05) is 12.1 Å². The van der Waals surface area contributed by atoms with Gasteiger partial charge in [-0.05, 0) is 43.2 Å². The zero-order chi connectivity index (χ0) is 14.3. The minimum absolute atomic E-state index is 0.197. The van der Waals surface area contributed by atoms with Gasteiger partial charge in [0.05, 0.1) is 5.69 Å². The van der Waals surface area contributed by atoms with E-state index in [1.54, 1.807) is 19.2 Å². The monoisotopic (exact) mass is 281 g/mol. The van der Waals surface area contributed by atoms with Crippen molar-refractivity contribution in [2.75, 3.05) is 12.4 Å². The first-order valence-corrected chi connectivity index (χ1v) is 6.44. The summed E-state index contributed by atoms with van der Waals surface area (Å²) in [5.74, 6) is 0.197. The van der Waals surface area contributed by atoms with E-state index >= 15 is 0 Å². The number of nitrogens with zero attached hydrogens (tertiary/aromatic N) is 2. The molecular weight excluding hydrogens is 267 g/mol. The molecule has 1 saturated carbocycles. The van der Waals surface area contributed by atoms with Gasteiger partial charge >= 0.3 is 6.18 Å². The van der Waals surface area contributed by atoms with Crippen molar-refractivity contribution in [1.29, 1.82) is 0 Å². The van der Waals surface area contributed by atoms with E-state index in [4.69, 9.17) is 0 Å². The lowest BCUT2D eigenvalue weighted by molar-refractivity contribution is -0.141. The Hall–Kier alpha value is -1.98. The molecule has 1 aromatic carbocycles. The predicted molar refractivity (Wildman–Crippen MR) is 70.1 cm³/mol. The highest BCUT2D eigenvalue weighted by Crippen LogP contribution is 2.42. The number of alkyl halides is 3. The first-order chi connectivity index (χ1) is 9.49. The Balaban J connectivity index is 2.04. The Morgan fingerprint density at radius 1 is 1.20 bits per heavy atom. The van der Waals surface area contributed by atoms with Gasteiger partial charge in [-0.3, -0.25) is 0 Å². The average molecular weight is 281 g/mol. The number of benzene rings is 1. The third-order valence-corrected chi connectivity index (χ3v) is 3.42. The fourth-order valence-electron chi connectivity index (χ4n) is 2.18. The van der Waals surface area contributed by atoms with E-state index < -0.39 is 11.9 Å². The summed E-state index contributed by atoms with van der Waals surface area (Å²) in [5.41, 5.74) is 1.39. The second kappa shape index (κ2) is 4.54. The molecule has 0 spiro atoms. The van der Waals surface area contributed by atoms with Gasteiger partial charge in [0.15, 0.2) is 5.69 Å². The molecule has 20 heavy (non-hydrogen) atoms. The van der Waals surface area contributed by atoms with Crippen molar-refractivity contribution in [2.45, 2.75) is 24.9 Å². The molecule has 0 unspecified atom stereocenters. The van der Waals surface area contributed by atoms with Gasteiger partial charge in [0.2, 0.25) is 0 Å². The van der Waals surface area contributed by atoms with E-state index in [9.17, 15) is 13.2 Å². The highest BCUT2D eigenvalue weighted by Gasteiger charge is 2.38. The van der Waals surface area contributed by atoms with E-state index in [-0.39, 0.29) is 5.92 Å². The molecule has 0 amide bonds. The minimum Gasteiger partial charge on any atom is -0.388 e. The van der Waals surface area contributed by atoms with Crippen LogP contribution in [0.25, 0.3) is 5.69 Å². The number of anilines is 1. The van der Waals surface area contributed by atoms with Gasteiger partial charge in [0.1, 0.15) is 0 Å². The molecule has 1 fully saturated rings. The summed E-state index contributed by atoms with van der Waals surface area (Å²) in [7, 11) is 1.79. The smallest absolute Gasteiger partial charge is 0.388 e. The van der Waals surface area contributed by atoms with Gasteiger partial charge in [-0.15, -0.1) is 0 Å². The first kappa shape index (κ1) is 13.0. The molecule has 6 heteroatoms. The van der Waals surface area contributed by atoms with E-state index in [0.717, 1.165) is 18.5 Å². The standard InChI is InChI=1S/C14H14F3N3/c1-18-10-4-6-11(7-5-10)20-12(9-2-3-9)8-13(19-20)14(15,16)17/h4-9,18H,2-3H2,1H3. The van der Waals surface area contributed by atoms with Crippen molar-refractivity contribution < 1.29 is 13.2 Å². The summed E-state index contributed by atoms with van der Waals surface area (Å²) in [6.07, 6.45) is -2.55. The molecule has 0 bridgehead atoms. The van der Waals surface area contributed by atoms with Crippen molar-refractivity contribution in [3.05, 3.63) is 41.7 Å². The summed E-state index contributed by atoms with van der Waals surface area (Å²) in [5, 5.41) is 6.71. The highest BCUT2D eigenvalue weighted by atomic mass is 19.4. The van der Waals surface area contributed by atoms with Crippen LogP contribution in [-0.2, 0) is 6.18 Å². The van der Waals surface area contributed by atoms with Gasteiger partial charge in [0, 0.05) is 24.3 Å². The van der Waals surface area contributed by atoms with Crippen LogP contribution >= 0.6 is 0 Å². The summed E-state index contributed by atoms with van der Waals surface area (Å²) >= 11 is 0. The van der Waals surface area contributed by atoms with Crippen molar-refractivity contribution in [3.8, 4) is 5.69 Å². The molecule has 1 aliphatic carbocycles. The molecule has 0 atom stereocenters. The fraction of sp³-hybridized carbons (Fsp3) is 0.357. The molecule has 1 aromatic heterocycles. The topological polar surface area (TPSA) is 29.9 Å². The quantitative estimate of drug-likeness (QED) is 0.927. The van der Waals surface area contributed by atoms with Crippen LogP contribution < -0.4 is 5.32 Å². The van der Waals surface area contributed by atoms with Crippen LogP contribution in [0.2, 0.25) is 0 Å². The van der Waals surface area contributed by atoms with Crippen LogP contribution in [0.1, 0.15) is 30.1 Å². The predicted octanol–water partition coefficient (Wildman–Crippen LogP) is 3.81. The molecular formula is C14H14F3N3. The Labute approximate surface area is 114 Å². The lowest BCUT2D eigenvalue weighted by Crippen LogP contribution is -2.07. The Kier molecular flexibility index (Phi) is 2.96. The molecule has 0 radical (unpaired) electrons. The number of aromatic nitrogens is 2. The molecule has 106 valence electrons. The van der Waals surface area contributed by atoms with Crippen molar-refractivity contribution >= 4 is 5.69 Å². The number of nitrogens with one attached hydrogen (secondary N) is 1. The third kappa shape index (κ3) is 2.37. The minimum atomic E-state index is -4.40. The van der Waals surface area contributed by atoms with Crippen LogP contribution in [0, 0.1) is 0 Å². The molecule has 1 N–H and O–H groups in total. The second-order valence-corrected chi connectivity index (χ2v) is 4.94. The first-order valence-electron chi connectivity index (χ1n) is 6.44. The molecule has 3 nitrogen and oxygen atoms in total. The molecule has 1 heterocycles. The van der Waals surface area contributed by atoms with Crippen molar-refractivity contribution in [1.82, 2.24) is 9.78 Å². The maximum atomic E-state index is 12.8. The zero-order valence-electron chi connectivity index (χ0n) is 10.9. The van der Waals surface area contributed by atoms with Gasteiger partial charge in [-0.2, -0.15) is 18.3 Å². The van der Waals surface area contributed by atoms with Gasteiger partial charge in [0.25, 0.3) is 0 Å². The average Bonchev–Trinajstić information content (AvgIpc) is 3.16. The maximum absolute atomic E-state index is 12.8. The fourth-order valence-corrected chi connectivity index (χ4v) is 2.18. The lowest BCUT2D eigenvalue weighted by atomic mass is 10.2. The number of hydrogen-bond donors (Lipinski definition) is 1. The van der Waals surface area contributed by atoms with Crippen LogP contribution in [0.15, 0.2) is 30.3 Å². The van der Waals surface area contributed by atoms with E-state index in [2.05, 4.69) is 10.4 Å². The van der Waals surface area contributed by atoms with Gasteiger partial charge in [-0.25, -0.2) is 4.68 Å². The van der Waals surface area contributed by atoms with E-state index in [1.165, 1.54) is 10.7 Å². The normalized spacial score (nSPS) is 15.4. The van der Waals surface area contributed by atoms with Crippen molar-refractivity contribution in [3.63, 3.8) is 0 Å². The van der Waals surface area contributed by atoms with Crippen LogP contribution in [0.4, 0.5) is 18.9 Å². The number of hydrogen-bond acceptors (Lipinski definition) is 2. The molecule has 2 aromatic rings. The summed E-state index contributed by atoms with van der Waals surface area (Å²) in [6, 6.07) is 8.35. The van der Waals surface area contributed by atoms with Gasteiger partial charge < -0.3 is 5.32 Å². The van der Waals surface area contributed by atoms with Crippen LogP contribution in [0.5, 0.6) is 0 Å². The van der Waals surface area contributed by atoms with E-state index in [0.29, 0.717) is 11.4 Å².